The number of hydrogen-bond acceptors (Lipinski definition) is 3. The molecule has 2 aromatic rings. The lowest BCUT2D eigenvalue weighted by molar-refractivity contribution is 0.0943. The first-order valence-corrected chi connectivity index (χ1v) is 9.05. The summed E-state index contributed by atoms with van der Waals surface area (Å²) >= 11 is 1.46. The van der Waals surface area contributed by atoms with Crippen molar-refractivity contribution in [2.75, 3.05) is 6.54 Å². The number of nitriles is 1. The average Bonchev–Trinajstić information content (AvgIpc) is 2.63. The first kappa shape index (κ1) is 18.1. The third-order valence-electron chi connectivity index (χ3n) is 4.07. The van der Waals surface area contributed by atoms with Crippen LogP contribution in [0.5, 0.6) is 0 Å². The quantitative estimate of drug-likeness (QED) is 0.783. The van der Waals surface area contributed by atoms with Gasteiger partial charge in [-0.25, -0.2) is 0 Å². The van der Waals surface area contributed by atoms with Crippen LogP contribution in [0.1, 0.15) is 42.6 Å². The van der Waals surface area contributed by atoms with Gasteiger partial charge in [-0.05, 0) is 30.2 Å². The van der Waals surface area contributed by atoms with Gasteiger partial charge in [0, 0.05) is 16.3 Å². The molecule has 0 aromatic heterocycles. The first-order chi connectivity index (χ1) is 11.7. The monoisotopic (exact) mass is 338 g/mol. The summed E-state index contributed by atoms with van der Waals surface area (Å²) in [5.41, 5.74) is 1.27. The van der Waals surface area contributed by atoms with E-state index in [1.807, 2.05) is 42.5 Å². The maximum absolute atomic E-state index is 12.6. The Bertz CT molecular complexity index is 732. The fourth-order valence-corrected chi connectivity index (χ4v) is 3.44. The predicted octanol–water partition coefficient (Wildman–Crippen LogP) is 4.88. The molecule has 0 aliphatic rings. The Morgan fingerprint density at radius 1 is 1.08 bits per heavy atom. The Morgan fingerprint density at radius 3 is 2.38 bits per heavy atom. The molecule has 0 saturated carbocycles. The molecule has 1 N–H and O–H groups in total. The maximum Gasteiger partial charge on any atom is 0.252 e. The second-order valence-electron chi connectivity index (χ2n) is 5.60. The van der Waals surface area contributed by atoms with Gasteiger partial charge in [0.15, 0.2) is 0 Å². The highest BCUT2D eigenvalue weighted by Crippen LogP contribution is 2.32. The molecule has 0 heterocycles. The molecule has 0 unspecified atom stereocenters. The molecule has 2 aromatic carbocycles. The molecule has 4 heteroatoms. The van der Waals surface area contributed by atoms with E-state index in [2.05, 4.69) is 25.2 Å². The van der Waals surface area contributed by atoms with Crippen molar-refractivity contribution in [3.63, 3.8) is 0 Å². The van der Waals surface area contributed by atoms with Crippen molar-refractivity contribution in [1.82, 2.24) is 5.32 Å². The van der Waals surface area contributed by atoms with E-state index >= 15 is 0 Å². The Balaban J connectivity index is 2.18. The van der Waals surface area contributed by atoms with Crippen molar-refractivity contribution < 1.29 is 4.79 Å². The summed E-state index contributed by atoms with van der Waals surface area (Å²) in [4.78, 5) is 14.3. The zero-order valence-electron chi connectivity index (χ0n) is 14.1. The van der Waals surface area contributed by atoms with E-state index in [0.717, 1.165) is 22.6 Å². The minimum absolute atomic E-state index is 0.0561. The molecule has 0 radical (unpaired) electrons. The predicted molar refractivity (Wildman–Crippen MR) is 98.1 cm³/mol. The standard InChI is InChI=1S/C20H22N2OS/c1-3-15(4-2)14-22-20(23)17-10-6-8-12-19(17)24-18-11-7-5-9-16(18)13-21/h5-12,15H,3-4,14H2,1-2H3,(H,22,23). The maximum atomic E-state index is 12.6. The lowest BCUT2D eigenvalue weighted by atomic mass is 10.0. The highest BCUT2D eigenvalue weighted by Gasteiger charge is 2.14. The number of hydrogen-bond donors (Lipinski definition) is 1. The molecule has 0 saturated heterocycles. The normalized spacial score (nSPS) is 10.4. The van der Waals surface area contributed by atoms with E-state index < -0.39 is 0 Å². The van der Waals surface area contributed by atoms with E-state index in [1.165, 1.54) is 11.8 Å². The molecule has 0 aliphatic heterocycles. The van der Waals surface area contributed by atoms with E-state index in [4.69, 9.17) is 0 Å². The average molecular weight is 338 g/mol. The molecule has 0 bridgehead atoms. The molecule has 124 valence electrons. The van der Waals surface area contributed by atoms with Crippen LogP contribution < -0.4 is 5.32 Å². The van der Waals surface area contributed by atoms with Crippen molar-refractivity contribution in [2.45, 2.75) is 36.5 Å². The van der Waals surface area contributed by atoms with Crippen molar-refractivity contribution in [1.29, 1.82) is 5.26 Å². The Hall–Kier alpha value is -2.25. The molecular formula is C20H22N2OS. The number of carbonyl (C=O) groups is 1. The van der Waals surface area contributed by atoms with Gasteiger partial charge in [-0.3, -0.25) is 4.79 Å². The third-order valence-corrected chi connectivity index (χ3v) is 5.22. The van der Waals surface area contributed by atoms with Crippen molar-refractivity contribution in [3.05, 3.63) is 59.7 Å². The van der Waals surface area contributed by atoms with Gasteiger partial charge in [-0.1, -0.05) is 62.7 Å². The number of carbonyl (C=O) groups excluding carboxylic acids is 1. The summed E-state index contributed by atoms with van der Waals surface area (Å²) in [7, 11) is 0. The Morgan fingerprint density at radius 2 is 1.71 bits per heavy atom. The highest BCUT2D eigenvalue weighted by atomic mass is 32.2. The van der Waals surface area contributed by atoms with E-state index in [1.54, 1.807) is 6.07 Å². The summed E-state index contributed by atoms with van der Waals surface area (Å²) in [6.45, 7) is 4.98. The molecule has 3 nitrogen and oxygen atoms in total. The second-order valence-corrected chi connectivity index (χ2v) is 6.68. The topological polar surface area (TPSA) is 52.9 Å². The first-order valence-electron chi connectivity index (χ1n) is 8.23. The molecule has 0 atom stereocenters. The summed E-state index contributed by atoms with van der Waals surface area (Å²) in [6.07, 6.45) is 2.12. The van der Waals surface area contributed by atoms with E-state index in [-0.39, 0.29) is 5.91 Å². The minimum Gasteiger partial charge on any atom is -0.352 e. The van der Waals surface area contributed by atoms with Crippen LogP contribution in [-0.2, 0) is 0 Å². The van der Waals surface area contributed by atoms with Crippen molar-refractivity contribution in [3.8, 4) is 6.07 Å². The molecule has 24 heavy (non-hydrogen) atoms. The van der Waals surface area contributed by atoms with Gasteiger partial charge in [-0.15, -0.1) is 0 Å². The van der Waals surface area contributed by atoms with Crippen LogP contribution in [-0.4, -0.2) is 12.5 Å². The Kier molecular flexibility index (Phi) is 6.89. The molecule has 2 rings (SSSR count). The molecular weight excluding hydrogens is 316 g/mol. The van der Waals surface area contributed by atoms with Gasteiger partial charge < -0.3 is 5.32 Å². The lowest BCUT2D eigenvalue weighted by Crippen LogP contribution is -2.29. The number of benzene rings is 2. The number of nitrogens with zero attached hydrogens (tertiary/aromatic N) is 1. The fourth-order valence-electron chi connectivity index (χ4n) is 2.42. The fraction of sp³-hybridized carbons (Fsp3) is 0.300. The van der Waals surface area contributed by atoms with Crippen LogP contribution in [0.4, 0.5) is 0 Å². The zero-order valence-corrected chi connectivity index (χ0v) is 14.9. The second kappa shape index (κ2) is 9.14. The lowest BCUT2D eigenvalue weighted by Gasteiger charge is -2.15. The van der Waals surface area contributed by atoms with Gasteiger partial charge in [0.2, 0.25) is 0 Å². The smallest absolute Gasteiger partial charge is 0.252 e. The van der Waals surface area contributed by atoms with Crippen LogP contribution in [0.25, 0.3) is 0 Å². The SMILES string of the molecule is CCC(CC)CNC(=O)c1ccccc1Sc1ccccc1C#N. The molecule has 0 spiro atoms. The summed E-state index contributed by atoms with van der Waals surface area (Å²) < 4.78 is 0. The van der Waals surface area contributed by atoms with Crippen LogP contribution in [0.3, 0.4) is 0 Å². The highest BCUT2D eigenvalue weighted by molar-refractivity contribution is 7.99. The van der Waals surface area contributed by atoms with Gasteiger partial charge in [-0.2, -0.15) is 5.26 Å². The summed E-state index contributed by atoms with van der Waals surface area (Å²) in [5, 5.41) is 12.3. The summed E-state index contributed by atoms with van der Waals surface area (Å²) in [5.74, 6) is 0.451. The molecule has 1 amide bonds. The van der Waals surface area contributed by atoms with Gasteiger partial charge in [0.1, 0.15) is 6.07 Å². The van der Waals surface area contributed by atoms with Crippen molar-refractivity contribution in [2.24, 2.45) is 5.92 Å². The molecule has 0 aliphatic carbocycles. The zero-order chi connectivity index (χ0) is 17.4. The van der Waals surface area contributed by atoms with Gasteiger partial charge >= 0.3 is 0 Å². The van der Waals surface area contributed by atoms with Crippen LogP contribution >= 0.6 is 11.8 Å². The van der Waals surface area contributed by atoms with Crippen molar-refractivity contribution >= 4 is 17.7 Å². The van der Waals surface area contributed by atoms with Crippen LogP contribution in [0.15, 0.2) is 58.3 Å². The van der Waals surface area contributed by atoms with Gasteiger partial charge in [0.05, 0.1) is 11.1 Å². The number of rotatable bonds is 7. The number of amides is 1. The van der Waals surface area contributed by atoms with Crippen LogP contribution in [0, 0.1) is 17.2 Å². The van der Waals surface area contributed by atoms with Crippen LogP contribution in [0.2, 0.25) is 0 Å². The number of nitrogens with one attached hydrogen (secondary N) is 1. The minimum atomic E-state index is -0.0561. The van der Waals surface area contributed by atoms with E-state index in [0.29, 0.717) is 23.6 Å². The largest absolute Gasteiger partial charge is 0.352 e. The summed E-state index contributed by atoms with van der Waals surface area (Å²) in [6, 6.07) is 17.2. The van der Waals surface area contributed by atoms with Gasteiger partial charge in [0.25, 0.3) is 5.91 Å². The van der Waals surface area contributed by atoms with E-state index in [9.17, 15) is 10.1 Å². The Labute approximate surface area is 148 Å². The third kappa shape index (κ3) is 4.62. The molecule has 0 fully saturated rings.